The predicted molar refractivity (Wildman–Crippen MR) is 92.0 cm³/mol. The summed E-state index contributed by atoms with van der Waals surface area (Å²) in [4.78, 5) is 26.3. The quantitative estimate of drug-likeness (QED) is 0.749. The molecule has 1 rings (SSSR count). The third-order valence-electron chi connectivity index (χ3n) is 5.14. The highest BCUT2D eigenvalue weighted by molar-refractivity contribution is 5.88. The normalized spacial score (nSPS) is 15.8. The van der Waals surface area contributed by atoms with Crippen LogP contribution >= 0.6 is 12.4 Å². The van der Waals surface area contributed by atoms with Crippen LogP contribution in [0.4, 0.5) is 0 Å². The van der Waals surface area contributed by atoms with Gasteiger partial charge in [0.25, 0.3) is 0 Å². The van der Waals surface area contributed by atoms with Crippen molar-refractivity contribution >= 4 is 24.2 Å². The Labute approximate surface area is 140 Å². The molecule has 0 heterocycles. The zero-order valence-electron chi connectivity index (χ0n) is 14.2. The molecule has 0 spiro atoms. The lowest BCUT2D eigenvalue weighted by atomic mass is 9.81. The Morgan fingerprint density at radius 2 is 1.73 bits per heavy atom. The van der Waals surface area contributed by atoms with Crippen LogP contribution in [0.15, 0.2) is 0 Å². The molecule has 1 aliphatic rings. The van der Waals surface area contributed by atoms with Crippen LogP contribution in [0.3, 0.4) is 0 Å². The smallest absolute Gasteiger partial charge is 0.241 e. The van der Waals surface area contributed by atoms with Crippen molar-refractivity contribution in [3.05, 3.63) is 0 Å². The Hall–Kier alpha value is -0.810. The summed E-state index contributed by atoms with van der Waals surface area (Å²) in [5.41, 5.74) is 5.22. The van der Waals surface area contributed by atoms with Gasteiger partial charge in [0.2, 0.25) is 11.8 Å². The van der Waals surface area contributed by atoms with E-state index in [1.54, 1.807) is 0 Å². The molecular formula is C16H32ClN3O2. The van der Waals surface area contributed by atoms with Crippen LogP contribution in [-0.4, -0.2) is 42.9 Å². The van der Waals surface area contributed by atoms with Gasteiger partial charge in [-0.2, -0.15) is 0 Å². The van der Waals surface area contributed by atoms with Crippen molar-refractivity contribution in [1.82, 2.24) is 10.2 Å². The fraction of sp³-hybridized carbons (Fsp3) is 0.875. The average molecular weight is 334 g/mol. The minimum absolute atomic E-state index is 0. The highest BCUT2D eigenvalue weighted by atomic mass is 35.5. The van der Waals surface area contributed by atoms with E-state index in [1.165, 1.54) is 19.3 Å². The molecule has 0 aromatic carbocycles. The second-order valence-corrected chi connectivity index (χ2v) is 6.17. The van der Waals surface area contributed by atoms with Gasteiger partial charge in [-0.3, -0.25) is 9.59 Å². The van der Waals surface area contributed by atoms with E-state index in [0.717, 1.165) is 12.8 Å². The maximum absolute atomic E-state index is 12.3. The molecule has 130 valence electrons. The number of nitrogens with one attached hydrogen (secondary N) is 1. The van der Waals surface area contributed by atoms with Gasteiger partial charge in [0.05, 0.1) is 12.0 Å². The number of carbonyl (C=O) groups excluding carboxylic acids is 2. The first-order chi connectivity index (χ1) is 10.0. The van der Waals surface area contributed by atoms with E-state index in [1.807, 2.05) is 25.8 Å². The van der Waals surface area contributed by atoms with Crippen LogP contribution in [0, 0.1) is 5.41 Å². The number of nitrogens with two attached hydrogens (primary N) is 1. The molecule has 0 bridgehead atoms. The molecule has 1 aliphatic carbocycles. The molecule has 0 radical (unpaired) electrons. The number of carbonyl (C=O) groups is 2. The van der Waals surface area contributed by atoms with Gasteiger partial charge in [-0.15, -0.1) is 12.4 Å². The topological polar surface area (TPSA) is 75.4 Å². The van der Waals surface area contributed by atoms with Crippen molar-refractivity contribution in [2.75, 3.05) is 20.1 Å². The SMILES string of the molecule is CCC(CC)(CN)C(=O)NCC(=O)N(C)C1CCCCC1.Cl. The van der Waals surface area contributed by atoms with Crippen LogP contribution in [-0.2, 0) is 9.59 Å². The average Bonchev–Trinajstić information content (AvgIpc) is 2.54. The van der Waals surface area contributed by atoms with Crippen molar-refractivity contribution in [2.24, 2.45) is 11.1 Å². The Kier molecular flexibility index (Phi) is 9.69. The summed E-state index contributed by atoms with van der Waals surface area (Å²) in [5.74, 6) is -0.103. The largest absolute Gasteiger partial charge is 0.347 e. The third kappa shape index (κ3) is 5.13. The van der Waals surface area contributed by atoms with E-state index < -0.39 is 5.41 Å². The molecule has 3 N–H and O–H groups in total. The number of nitrogens with zero attached hydrogens (tertiary/aromatic N) is 1. The van der Waals surface area contributed by atoms with Gasteiger partial charge in [0, 0.05) is 19.6 Å². The Balaban J connectivity index is 0.00000441. The molecule has 6 heteroatoms. The first-order valence-electron chi connectivity index (χ1n) is 8.24. The first-order valence-corrected chi connectivity index (χ1v) is 8.24. The zero-order chi connectivity index (χ0) is 15.9. The van der Waals surface area contributed by atoms with Crippen molar-refractivity contribution in [3.8, 4) is 0 Å². The van der Waals surface area contributed by atoms with Gasteiger partial charge in [0.15, 0.2) is 0 Å². The van der Waals surface area contributed by atoms with Crippen LogP contribution < -0.4 is 11.1 Å². The van der Waals surface area contributed by atoms with E-state index in [2.05, 4.69) is 5.32 Å². The lowest BCUT2D eigenvalue weighted by Gasteiger charge is -2.32. The van der Waals surface area contributed by atoms with E-state index in [9.17, 15) is 9.59 Å². The summed E-state index contributed by atoms with van der Waals surface area (Å²) in [6, 6.07) is 0.333. The first kappa shape index (κ1) is 21.2. The van der Waals surface area contributed by atoms with Crippen LogP contribution in [0.5, 0.6) is 0 Å². The monoisotopic (exact) mass is 333 g/mol. The number of rotatable bonds is 7. The van der Waals surface area contributed by atoms with Crippen LogP contribution in [0.25, 0.3) is 0 Å². The number of likely N-dealkylation sites (N-methyl/N-ethyl adjacent to an activating group) is 1. The van der Waals surface area contributed by atoms with Gasteiger partial charge < -0.3 is 16.0 Å². The number of amides is 2. The van der Waals surface area contributed by atoms with Crippen LogP contribution in [0.2, 0.25) is 0 Å². The van der Waals surface area contributed by atoms with Crippen molar-refractivity contribution in [2.45, 2.75) is 64.8 Å². The van der Waals surface area contributed by atoms with Crippen molar-refractivity contribution in [1.29, 1.82) is 0 Å². The number of hydrogen-bond acceptors (Lipinski definition) is 3. The Morgan fingerprint density at radius 3 is 2.18 bits per heavy atom. The van der Waals surface area contributed by atoms with E-state index in [4.69, 9.17) is 5.73 Å². The summed E-state index contributed by atoms with van der Waals surface area (Å²) in [5, 5.41) is 2.79. The number of halogens is 1. The van der Waals surface area contributed by atoms with E-state index in [0.29, 0.717) is 25.4 Å². The lowest BCUT2D eigenvalue weighted by Crippen LogP contribution is -2.49. The molecule has 0 aromatic rings. The molecule has 1 saturated carbocycles. The van der Waals surface area contributed by atoms with Gasteiger partial charge in [-0.05, 0) is 25.7 Å². The second-order valence-electron chi connectivity index (χ2n) is 6.17. The molecule has 5 nitrogen and oxygen atoms in total. The van der Waals surface area contributed by atoms with E-state index in [-0.39, 0.29) is 30.8 Å². The second kappa shape index (κ2) is 10.1. The summed E-state index contributed by atoms with van der Waals surface area (Å²) < 4.78 is 0. The predicted octanol–water partition coefficient (Wildman–Crippen LogP) is 2.08. The third-order valence-corrected chi connectivity index (χ3v) is 5.14. The molecular weight excluding hydrogens is 302 g/mol. The van der Waals surface area contributed by atoms with Gasteiger partial charge in [0.1, 0.15) is 0 Å². The Bertz CT molecular complexity index is 345. The summed E-state index contributed by atoms with van der Waals surface area (Å²) >= 11 is 0. The van der Waals surface area contributed by atoms with Crippen molar-refractivity contribution in [3.63, 3.8) is 0 Å². The minimum atomic E-state index is -0.538. The summed E-state index contributed by atoms with van der Waals surface area (Å²) in [6.07, 6.45) is 7.19. The van der Waals surface area contributed by atoms with Crippen LogP contribution in [0.1, 0.15) is 58.8 Å². The lowest BCUT2D eigenvalue weighted by molar-refractivity contribution is -0.137. The maximum atomic E-state index is 12.3. The molecule has 0 unspecified atom stereocenters. The molecule has 0 atom stereocenters. The molecule has 0 saturated heterocycles. The maximum Gasteiger partial charge on any atom is 0.241 e. The number of hydrogen-bond donors (Lipinski definition) is 2. The van der Waals surface area contributed by atoms with Crippen molar-refractivity contribution < 1.29 is 9.59 Å². The highest BCUT2D eigenvalue weighted by Crippen LogP contribution is 2.25. The standard InChI is InChI=1S/C16H31N3O2.ClH/c1-4-16(5-2,12-17)15(21)18-11-14(20)19(3)13-9-7-6-8-10-13;/h13H,4-12,17H2,1-3H3,(H,18,21);1H. The molecule has 22 heavy (non-hydrogen) atoms. The molecule has 0 aromatic heterocycles. The van der Waals surface area contributed by atoms with Gasteiger partial charge >= 0.3 is 0 Å². The highest BCUT2D eigenvalue weighted by Gasteiger charge is 2.33. The van der Waals surface area contributed by atoms with Gasteiger partial charge in [-0.25, -0.2) is 0 Å². The fourth-order valence-electron chi connectivity index (χ4n) is 3.09. The molecule has 1 fully saturated rings. The zero-order valence-corrected chi connectivity index (χ0v) is 15.0. The van der Waals surface area contributed by atoms with E-state index >= 15 is 0 Å². The van der Waals surface area contributed by atoms with Gasteiger partial charge in [-0.1, -0.05) is 33.1 Å². The molecule has 2 amide bonds. The summed E-state index contributed by atoms with van der Waals surface area (Å²) in [7, 11) is 1.85. The Morgan fingerprint density at radius 1 is 1.18 bits per heavy atom. The molecule has 0 aliphatic heterocycles. The minimum Gasteiger partial charge on any atom is -0.347 e. The fourth-order valence-corrected chi connectivity index (χ4v) is 3.09. The summed E-state index contributed by atoms with van der Waals surface area (Å²) in [6.45, 7) is 4.32.